The van der Waals surface area contributed by atoms with E-state index in [0.717, 1.165) is 10.4 Å². The molecule has 0 spiro atoms. The first-order valence-corrected chi connectivity index (χ1v) is 8.74. The second kappa shape index (κ2) is 7.17. The van der Waals surface area contributed by atoms with Crippen molar-refractivity contribution in [2.75, 3.05) is 0 Å². The van der Waals surface area contributed by atoms with Gasteiger partial charge in [-0.05, 0) is 38.5 Å². The zero-order valence-electron chi connectivity index (χ0n) is 14.5. The van der Waals surface area contributed by atoms with Crippen LogP contribution in [0.3, 0.4) is 0 Å². The maximum atomic E-state index is 13.2. The van der Waals surface area contributed by atoms with E-state index in [2.05, 4.69) is 20.5 Å². The number of H-pyrrole nitrogens is 1. The first kappa shape index (κ1) is 17.9. The van der Waals surface area contributed by atoms with Crippen molar-refractivity contribution >= 4 is 33.2 Å². The standard InChI is InChI=1S/C18H17FN4O2S/c1-9-11(3)26-18-16(9)17(25)20-14(21-18)8-15(24)23-22-10(2)12-5-4-6-13(19)7-12/h4-7H,8H2,1-3H3,(H,23,24)(H,20,21,25)/b22-10+. The fraction of sp³-hybridized carbons (Fsp3) is 0.222. The highest BCUT2D eigenvalue weighted by molar-refractivity contribution is 7.18. The number of nitrogens with zero attached hydrogens (tertiary/aromatic N) is 2. The van der Waals surface area contributed by atoms with Gasteiger partial charge in [-0.25, -0.2) is 14.8 Å². The monoisotopic (exact) mass is 372 g/mol. The van der Waals surface area contributed by atoms with Crippen LogP contribution in [-0.4, -0.2) is 21.6 Å². The lowest BCUT2D eigenvalue weighted by Gasteiger charge is -2.03. The summed E-state index contributed by atoms with van der Waals surface area (Å²) in [6.45, 7) is 5.47. The smallest absolute Gasteiger partial charge is 0.259 e. The summed E-state index contributed by atoms with van der Waals surface area (Å²) in [5.74, 6) is -0.520. The molecule has 6 nitrogen and oxygen atoms in total. The van der Waals surface area contributed by atoms with Crippen LogP contribution in [0, 0.1) is 19.7 Å². The van der Waals surface area contributed by atoms with Crippen LogP contribution in [0.15, 0.2) is 34.2 Å². The Hall–Kier alpha value is -2.87. The van der Waals surface area contributed by atoms with Gasteiger partial charge in [-0.3, -0.25) is 9.59 Å². The van der Waals surface area contributed by atoms with Gasteiger partial charge in [-0.15, -0.1) is 11.3 Å². The summed E-state index contributed by atoms with van der Waals surface area (Å²) >= 11 is 1.43. The third-order valence-corrected chi connectivity index (χ3v) is 5.11. The summed E-state index contributed by atoms with van der Waals surface area (Å²) < 4.78 is 13.2. The number of amides is 1. The Labute approximate surface area is 152 Å². The number of aromatic nitrogens is 2. The quantitative estimate of drug-likeness (QED) is 0.545. The molecule has 0 aliphatic rings. The van der Waals surface area contributed by atoms with Gasteiger partial charge in [0.15, 0.2) is 0 Å². The van der Waals surface area contributed by atoms with E-state index in [4.69, 9.17) is 0 Å². The van der Waals surface area contributed by atoms with Gasteiger partial charge in [0.2, 0.25) is 5.91 Å². The molecule has 0 aliphatic heterocycles. The van der Waals surface area contributed by atoms with Gasteiger partial charge in [0.25, 0.3) is 5.56 Å². The Balaban J connectivity index is 1.75. The number of aryl methyl sites for hydroxylation is 2. The van der Waals surface area contributed by atoms with Crippen molar-refractivity contribution in [3.8, 4) is 0 Å². The zero-order valence-corrected chi connectivity index (χ0v) is 15.3. The molecule has 0 saturated heterocycles. The molecule has 2 N–H and O–H groups in total. The van der Waals surface area contributed by atoms with E-state index in [0.29, 0.717) is 21.5 Å². The van der Waals surface area contributed by atoms with Gasteiger partial charge in [-0.1, -0.05) is 12.1 Å². The van der Waals surface area contributed by atoms with Gasteiger partial charge in [0.1, 0.15) is 16.5 Å². The lowest BCUT2D eigenvalue weighted by molar-refractivity contribution is -0.120. The van der Waals surface area contributed by atoms with E-state index in [1.165, 1.54) is 23.5 Å². The number of thiophene rings is 1. The highest BCUT2D eigenvalue weighted by Crippen LogP contribution is 2.25. The predicted molar refractivity (Wildman–Crippen MR) is 100 cm³/mol. The second-order valence-corrected chi connectivity index (χ2v) is 7.10. The van der Waals surface area contributed by atoms with Crippen LogP contribution in [-0.2, 0) is 11.2 Å². The first-order chi connectivity index (χ1) is 12.3. The number of aromatic amines is 1. The van der Waals surface area contributed by atoms with Crippen molar-refractivity contribution < 1.29 is 9.18 Å². The summed E-state index contributed by atoms with van der Waals surface area (Å²) in [6, 6.07) is 5.93. The van der Waals surface area contributed by atoms with Gasteiger partial charge >= 0.3 is 0 Å². The van der Waals surface area contributed by atoms with E-state index in [-0.39, 0.29) is 23.6 Å². The fourth-order valence-electron chi connectivity index (χ4n) is 2.50. The molecule has 2 heterocycles. The molecule has 26 heavy (non-hydrogen) atoms. The third-order valence-electron chi connectivity index (χ3n) is 4.01. The summed E-state index contributed by atoms with van der Waals surface area (Å²) in [5.41, 5.74) is 4.10. The molecule has 0 saturated carbocycles. The van der Waals surface area contributed by atoms with E-state index in [1.54, 1.807) is 19.1 Å². The van der Waals surface area contributed by atoms with Crippen LogP contribution in [0.5, 0.6) is 0 Å². The van der Waals surface area contributed by atoms with Gasteiger partial charge < -0.3 is 4.98 Å². The van der Waals surface area contributed by atoms with Crippen molar-refractivity contribution in [1.29, 1.82) is 0 Å². The summed E-state index contributed by atoms with van der Waals surface area (Å²) in [7, 11) is 0. The number of hydrogen-bond donors (Lipinski definition) is 2. The SMILES string of the molecule is C/C(=N\NC(=O)Cc1nc2sc(C)c(C)c2c(=O)[nH]1)c1cccc(F)c1. The first-order valence-electron chi connectivity index (χ1n) is 7.93. The number of carbonyl (C=O) groups is 1. The molecule has 2 aromatic heterocycles. The van der Waals surface area contributed by atoms with Crippen molar-refractivity contribution in [1.82, 2.24) is 15.4 Å². The van der Waals surface area contributed by atoms with Crippen LogP contribution in [0.4, 0.5) is 4.39 Å². The van der Waals surface area contributed by atoms with Crippen LogP contribution < -0.4 is 11.0 Å². The normalized spacial score (nSPS) is 11.8. The number of carbonyl (C=O) groups excluding carboxylic acids is 1. The third kappa shape index (κ3) is 3.70. The van der Waals surface area contributed by atoms with E-state index >= 15 is 0 Å². The molecule has 134 valence electrons. The molecule has 0 bridgehead atoms. The maximum absolute atomic E-state index is 13.2. The largest absolute Gasteiger partial charge is 0.309 e. The number of nitrogens with one attached hydrogen (secondary N) is 2. The lowest BCUT2D eigenvalue weighted by Crippen LogP contribution is -2.24. The minimum absolute atomic E-state index is 0.110. The molecule has 0 atom stereocenters. The topological polar surface area (TPSA) is 87.2 Å². The summed E-state index contributed by atoms with van der Waals surface area (Å²) in [5, 5.41) is 4.53. The second-order valence-electron chi connectivity index (χ2n) is 5.90. The van der Waals surface area contributed by atoms with Gasteiger partial charge in [0, 0.05) is 10.4 Å². The molecule has 0 fully saturated rings. The number of fused-ring (bicyclic) bond motifs is 1. The highest BCUT2D eigenvalue weighted by atomic mass is 32.1. The van der Waals surface area contributed by atoms with Crippen molar-refractivity contribution in [3.63, 3.8) is 0 Å². The fourth-order valence-corrected chi connectivity index (χ4v) is 3.55. The predicted octanol–water partition coefficient (Wildman–Crippen LogP) is 2.82. The molecule has 0 radical (unpaired) electrons. The summed E-state index contributed by atoms with van der Waals surface area (Å²) in [6.07, 6.45) is -0.110. The highest BCUT2D eigenvalue weighted by Gasteiger charge is 2.13. The van der Waals surface area contributed by atoms with Crippen molar-refractivity contribution in [2.45, 2.75) is 27.2 Å². The van der Waals surface area contributed by atoms with E-state index < -0.39 is 5.91 Å². The van der Waals surface area contributed by atoms with E-state index in [1.807, 2.05) is 13.8 Å². The van der Waals surface area contributed by atoms with Crippen molar-refractivity contribution in [3.05, 3.63) is 62.3 Å². The minimum Gasteiger partial charge on any atom is -0.309 e. The molecule has 0 aliphatic carbocycles. The Bertz CT molecular complexity index is 1080. The Morgan fingerprint density at radius 1 is 1.38 bits per heavy atom. The van der Waals surface area contributed by atoms with Crippen LogP contribution in [0.2, 0.25) is 0 Å². The molecular formula is C18H17FN4O2S. The Morgan fingerprint density at radius 3 is 2.88 bits per heavy atom. The van der Waals surface area contributed by atoms with Crippen molar-refractivity contribution in [2.24, 2.45) is 5.10 Å². The van der Waals surface area contributed by atoms with Crippen LogP contribution in [0.25, 0.3) is 10.2 Å². The molecule has 8 heteroatoms. The summed E-state index contributed by atoms with van der Waals surface area (Å²) in [4.78, 5) is 32.9. The van der Waals surface area contributed by atoms with Crippen LogP contribution in [0.1, 0.15) is 28.8 Å². The molecular weight excluding hydrogens is 355 g/mol. The van der Waals surface area contributed by atoms with Gasteiger partial charge in [0.05, 0.1) is 17.5 Å². The molecule has 0 unspecified atom stereocenters. The zero-order chi connectivity index (χ0) is 18.8. The number of hydrogen-bond acceptors (Lipinski definition) is 5. The molecule has 1 aromatic carbocycles. The molecule has 3 aromatic rings. The number of benzene rings is 1. The Morgan fingerprint density at radius 2 is 2.15 bits per heavy atom. The average Bonchev–Trinajstić information content (AvgIpc) is 2.87. The lowest BCUT2D eigenvalue weighted by atomic mass is 10.1. The molecule has 1 amide bonds. The van der Waals surface area contributed by atoms with E-state index in [9.17, 15) is 14.0 Å². The van der Waals surface area contributed by atoms with Gasteiger partial charge in [-0.2, -0.15) is 5.10 Å². The number of rotatable bonds is 4. The molecule has 3 rings (SSSR count). The minimum atomic E-state index is -0.423. The number of halogens is 1. The van der Waals surface area contributed by atoms with Crippen LogP contribution >= 0.6 is 11.3 Å². The average molecular weight is 372 g/mol. The maximum Gasteiger partial charge on any atom is 0.259 e. The number of hydrazone groups is 1. The Kier molecular flexibility index (Phi) is 4.94.